The Morgan fingerprint density at radius 3 is 1.80 bits per heavy atom. The number of halogens is 1. The molecule has 0 aromatic carbocycles. The zero-order chi connectivity index (χ0) is 2.71. The fourth-order valence-electron chi connectivity index (χ4n) is 0. The molecule has 0 spiro atoms. The zero-order valence-electron chi connectivity index (χ0n) is 3.59. The van der Waals surface area contributed by atoms with Gasteiger partial charge in [0.25, 0.3) is 0 Å². The van der Waals surface area contributed by atoms with Crippen LogP contribution in [0.3, 0.4) is 0 Å². The van der Waals surface area contributed by atoms with E-state index in [2.05, 4.69) is 0 Å². The van der Waals surface area contributed by atoms with Gasteiger partial charge < -0.3 is 6.09 Å². The Hall–Kier alpha value is 1.73. The van der Waals surface area contributed by atoms with Gasteiger partial charge in [-0.25, -0.2) is 0 Å². The fourth-order valence-corrected chi connectivity index (χ4v) is 0. The molecule has 30 valence electrons. The summed E-state index contributed by atoms with van der Waals surface area (Å²) in [6, 6.07) is 0. The maximum atomic E-state index is 8.35. The molecule has 0 rings (SSSR count). The topological polar surface area (TPSA) is 43.3 Å². The van der Waals surface area contributed by atoms with E-state index in [9.17, 15) is 0 Å². The maximum absolute atomic E-state index is 8.35. The summed E-state index contributed by atoms with van der Waals surface area (Å²) in [6.07, 6.45) is 0. The molecule has 5 heteroatoms. The van der Waals surface area contributed by atoms with Crippen molar-refractivity contribution in [2.45, 2.75) is 0 Å². The average Bonchev–Trinajstić information content (AvgIpc) is 0.918. The van der Waals surface area contributed by atoms with Crippen LogP contribution in [0, 0.1) is 11.3 Å². The smallest absolute Gasteiger partial charge is 1.00 e. The third kappa shape index (κ3) is 26.6. The fraction of sp³-hybridized carbons (Fsp3) is 0. The van der Waals surface area contributed by atoms with Crippen LogP contribution in [-0.2, 0) is 17.1 Å². The summed E-state index contributed by atoms with van der Waals surface area (Å²) < 4.78 is 15.2. The second kappa shape index (κ2) is 17.2. The van der Waals surface area contributed by atoms with Crippen LogP contribution in [0.5, 0.6) is 0 Å². The molecule has 0 radical (unpaired) electrons. The molecule has 0 saturated heterocycles. The van der Waals surface area contributed by atoms with Gasteiger partial charge in [-0.3, -0.25) is 0 Å². The second-order valence-corrected chi connectivity index (χ2v) is 0.207. The predicted molar refractivity (Wildman–Crippen MR) is 3.33 cm³/mol. The average molecular weight is 148 g/mol. The first-order valence-corrected chi connectivity index (χ1v) is 0.970. The van der Waals surface area contributed by atoms with Crippen LogP contribution in [0.2, 0.25) is 0 Å². The standard InChI is InChI=1S/ClHO2.Fe.Na.H/c2-1-3;;;/h2H;;;/q;;+1;-1. The molecule has 0 unspecified atom stereocenters. The monoisotopic (exact) mass is 148 g/mol. The summed E-state index contributed by atoms with van der Waals surface area (Å²) in [4.78, 5) is 0. The van der Waals surface area contributed by atoms with E-state index in [4.69, 9.17) is 9.32 Å². The molecule has 1 N–H and O–H groups in total. The minimum Gasteiger partial charge on any atom is -1.00 e. The summed E-state index contributed by atoms with van der Waals surface area (Å²) in [5.41, 5.74) is 0. The SMILES string of the molecule is [Fe].[H-].[Na+].[O-][Cl+]O. The van der Waals surface area contributed by atoms with E-state index in [-0.39, 0.29) is 59.4 Å². The number of rotatable bonds is 0. The minimum atomic E-state index is -0.167. The van der Waals surface area contributed by atoms with Gasteiger partial charge in [0.05, 0.1) is 0 Å². The van der Waals surface area contributed by atoms with Gasteiger partial charge in [0, 0.05) is 17.1 Å². The molecule has 0 bridgehead atoms. The Morgan fingerprint density at radius 1 is 1.80 bits per heavy atom. The van der Waals surface area contributed by atoms with Crippen LogP contribution in [0.15, 0.2) is 0 Å². The normalized spacial score (nSPS) is 3.60. The molecule has 0 fully saturated rings. The largest absolute Gasteiger partial charge is 1.00 e. The van der Waals surface area contributed by atoms with Crippen LogP contribution >= 0.6 is 0 Å². The zero-order valence-corrected chi connectivity index (χ0v) is 6.45. The van der Waals surface area contributed by atoms with Gasteiger partial charge in [0.1, 0.15) is 0 Å². The molecule has 0 amide bonds. The molecule has 2 nitrogen and oxygen atoms in total. The Labute approximate surface area is 68.3 Å². The predicted octanol–water partition coefficient (Wildman–Crippen LogP) is -4.63. The van der Waals surface area contributed by atoms with Crippen molar-refractivity contribution in [1.29, 1.82) is 0 Å². The maximum Gasteiger partial charge on any atom is 1.00 e. The first-order valence-electron chi connectivity index (χ1n) is 0.323. The van der Waals surface area contributed by atoms with Gasteiger partial charge in [-0.05, 0) is 0 Å². The van der Waals surface area contributed by atoms with Gasteiger partial charge in [-0.2, -0.15) is 0 Å². The van der Waals surface area contributed by atoms with E-state index < -0.39 is 0 Å². The van der Waals surface area contributed by atoms with Crippen molar-refractivity contribution in [2.24, 2.45) is 0 Å². The van der Waals surface area contributed by atoms with E-state index in [1.54, 1.807) is 0 Å². The summed E-state index contributed by atoms with van der Waals surface area (Å²) in [6.45, 7) is 0. The molecule has 0 atom stereocenters. The van der Waals surface area contributed by atoms with Gasteiger partial charge >= 0.3 is 40.9 Å². The molecule has 0 heterocycles. The van der Waals surface area contributed by atoms with Crippen molar-refractivity contribution in [2.75, 3.05) is 0 Å². The number of hydrogen-bond acceptors (Lipinski definition) is 2. The Morgan fingerprint density at radius 2 is 1.80 bits per heavy atom. The van der Waals surface area contributed by atoms with Crippen LogP contribution in [0.4, 0.5) is 0 Å². The van der Waals surface area contributed by atoms with Gasteiger partial charge in [0.15, 0.2) is 0 Å². The van der Waals surface area contributed by atoms with Crippen molar-refractivity contribution in [3.63, 3.8) is 0 Å². The summed E-state index contributed by atoms with van der Waals surface area (Å²) in [5.74, 6) is 0. The molecule has 0 aromatic heterocycles. The van der Waals surface area contributed by atoms with Crippen molar-refractivity contribution in [3.8, 4) is 0 Å². The summed E-state index contributed by atoms with van der Waals surface area (Å²) in [7, 11) is 0. The van der Waals surface area contributed by atoms with E-state index in [1.807, 2.05) is 0 Å². The first kappa shape index (κ1) is 15.9. The van der Waals surface area contributed by atoms with Crippen molar-refractivity contribution < 1.29 is 68.7 Å². The molecule has 0 aromatic rings. The third-order valence-corrected chi connectivity index (χ3v) is 0. The van der Waals surface area contributed by atoms with E-state index in [0.29, 0.717) is 0 Å². The van der Waals surface area contributed by atoms with E-state index >= 15 is 0 Å². The first-order chi connectivity index (χ1) is 1.41. The molecule has 0 aliphatic rings. The van der Waals surface area contributed by atoms with Crippen LogP contribution < -0.4 is 34.2 Å². The molecule has 0 saturated carbocycles. The summed E-state index contributed by atoms with van der Waals surface area (Å²) >= 11 is -0.167. The molecular formula is H2ClFeNaO2. The van der Waals surface area contributed by atoms with E-state index in [0.717, 1.165) is 0 Å². The van der Waals surface area contributed by atoms with Gasteiger partial charge in [0.2, 0.25) is 0 Å². The van der Waals surface area contributed by atoms with Crippen LogP contribution in [0.25, 0.3) is 0 Å². The second-order valence-electron chi connectivity index (χ2n) is 0.0690. The van der Waals surface area contributed by atoms with E-state index in [1.165, 1.54) is 0 Å². The summed E-state index contributed by atoms with van der Waals surface area (Å²) in [5, 5.41) is 0. The van der Waals surface area contributed by atoms with Crippen molar-refractivity contribution in [3.05, 3.63) is 0 Å². The van der Waals surface area contributed by atoms with Gasteiger partial charge in [-0.15, -0.1) is 4.66 Å². The quantitative estimate of drug-likeness (QED) is 0.351. The molecule has 0 aliphatic heterocycles. The number of hydrogen-bond donors (Lipinski definition) is 1. The van der Waals surface area contributed by atoms with Gasteiger partial charge in [-0.1, -0.05) is 0 Å². The Kier molecular flexibility index (Phi) is 54.6. The minimum absolute atomic E-state index is 0. The molecule has 5 heavy (non-hydrogen) atoms. The van der Waals surface area contributed by atoms with Crippen molar-refractivity contribution in [1.82, 2.24) is 0 Å². The van der Waals surface area contributed by atoms with Crippen LogP contribution in [-0.4, -0.2) is 4.66 Å². The molecular weight excluding hydrogens is 146 g/mol. The van der Waals surface area contributed by atoms with Crippen LogP contribution in [0.1, 0.15) is 1.43 Å². The van der Waals surface area contributed by atoms with Crippen molar-refractivity contribution >= 4 is 0 Å². The molecule has 0 aliphatic carbocycles. The Bertz CT molecular complexity index is 13.5. The third-order valence-electron chi connectivity index (χ3n) is 0. The Balaban J connectivity index is -0.00000000667.